The summed E-state index contributed by atoms with van der Waals surface area (Å²) in [5, 5.41) is 43.1. The van der Waals surface area contributed by atoms with Crippen LogP contribution in [0, 0.1) is 11.8 Å². The Morgan fingerprint density at radius 2 is 0.600 bits per heavy atom. The quantitative estimate of drug-likeness (QED) is 0.0445. The molecule has 0 aliphatic carbocycles. The number of hydrogen-bond donors (Lipinski definition) is 4. The highest BCUT2D eigenvalue weighted by atomic mass is 16.3. The molecule has 4 N–H and O–H groups in total. The van der Waals surface area contributed by atoms with E-state index >= 15 is 0 Å². The van der Waals surface area contributed by atoms with Gasteiger partial charge in [0.2, 0.25) is 0 Å². The van der Waals surface area contributed by atoms with Gasteiger partial charge in [0.25, 0.3) is 0 Å². The standard InChI is InChI=1S/2C31H63NO3/c1-6-8-10-12-14-16-18-20-22-29(34)25-32(31(28(5)33)24-27(3)4)26-30(35)23-21-19-17-15-13-11-9-7-2;1-6-9-11-13-15-17-19-21-23-29(34)25-32(31(28(5)33)27(4)8-3)26-30(35)24-22-20-18-16-14-12-10-7-2/h2*27,29-31,34-35H,6-26H2,1-5H3. The lowest BCUT2D eigenvalue weighted by atomic mass is 9.93. The summed E-state index contributed by atoms with van der Waals surface area (Å²) in [5.74, 6) is 0.925. The average molecular weight is 996 g/mol. The van der Waals surface area contributed by atoms with Crippen molar-refractivity contribution in [3.05, 3.63) is 0 Å². The molecule has 0 aromatic heterocycles. The van der Waals surface area contributed by atoms with Crippen LogP contribution in [0.3, 0.4) is 0 Å². The summed E-state index contributed by atoms with van der Waals surface area (Å²) in [7, 11) is 0. The lowest BCUT2D eigenvalue weighted by molar-refractivity contribution is -0.125. The second-order valence-electron chi connectivity index (χ2n) is 22.8. The third kappa shape index (κ3) is 44.6. The summed E-state index contributed by atoms with van der Waals surface area (Å²) >= 11 is 0. The number of Topliss-reactive ketones (excluding diaryl/α,β-unsaturated/α-hetero) is 2. The minimum Gasteiger partial charge on any atom is -0.392 e. The molecule has 0 aliphatic heterocycles. The van der Waals surface area contributed by atoms with E-state index in [-0.39, 0.29) is 29.6 Å². The van der Waals surface area contributed by atoms with Crippen LogP contribution in [0.25, 0.3) is 0 Å². The smallest absolute Gasteiger partial charge is 0.147 e. The molecule has 7 atom stereocenters. The van der Waals surface area contributed by atoms with Crippen molar-refractivity contribution in [1.29, 1.82) is 0 Å². The van der Waals surface area contributed by atoms with Crippen molar-refractivity contribution in [2.75, 3.05) is 26.2 Å². The summed E-state index contributed by atoms with van der Waals surface area (Å²) in [6, 6.07) is -0.433. The van der Waals surface area contributed by atoms with Crippen LogP contribution in [-0.4, -0.2) is 104 Å². The van der Waals surface area contributed by atoms with Gasteiger partial charge in [0.05, 0.1) is 36.5 Å². The fourth-order valence-electron chi connectivity index (χ4n) is 10.4. The van der Waals surface area contributed by atoms with Crippen LogP contribution in [0.4, 0.5) is 0 Å². The van der Waals surface area contributed by atoms with Crippen molar-refractivity contribution in [3.63, 3.8) is 0 Å². The number of carbonyl (C=O) groups excluding carboxylic acids is 2. The van der Waals surface area contributed by atoms with Crippen molar-refractivity contribution >= 4 is 11.6 Å². The lowest BCUT2D eigenvalue weighted by Crippen LogP contribution is -2.50. The summed E-state index contributed by atoms with van der Waals surface area (Å²) in [6.07, 6.45) is 43.4. The number of carbonyl (C=O) groups is 2. The minimum absolute atomic E-state index is 0.150. The van der Waals surface area contributed by atoms with Gasteiger partial charge in [-0.15, -0.1) is 0 Å². The third-order valence-electron chi connectivity index (χ3n) is 14.9. The van der Waals surface area contributed by atoms with Gasteiger partial charge in [-0.3, -0.25) is 19.4 Å². The Labute approximate surface area is 437 Å². The fraction of sp³-hybridized carbons (Fsp3) is 0.968. The van der Waals surface area contributed by atoms with Gasteiger partial charge in [-0.1, -0.05) is 267 Å². The average Bonchev–Trinajstić information content (AvgIpc) is 3.31. The zero-order valence-corrected chi connectivity index (χ0v) is 48.8. The maximum atomic E-state index is 12.6. The largest absolute Gasteiger partial charge is 0.392 e. The Morgan fingerprint density at radius 1 is 0.357 bits per heavy atom. The molecule has 0 aromatic carbocycles. The molecule has 0 radical (unpaired) electrons. The molecule has 0 rings (SSSR count). The molecule has 420 valence electrons. The van der Waals surface area contributed by atoms with Gasteiger partial charge in [0, 0.05) is 26.2 Å². The predicted octanol–water partition coefficient (Wildman–Crippen LogP) is 16.2. The maximum absolute atomic E-state index is 12.6. The number of hydrogen-bond acceptors (Lipinski definition) is 8. The first-order valence-electron chi connectivity index (χ1n) is 30.9. The van der Waals surface area contributed by atoms with E-state index in [4.69, 9.17) is 0 Å². The highest BCUT2D eigenvalue weighted by molar-refractivity contribution is 5.82. The number of nitrogens with zero attached hydrogens (tertiary/aromatic N) is 2. The van der Waals surface area contributed by atoms with E-state index < -0.39 is 24.4 Å². The topological polar surface area (TPSA) is 122 Å². The van der Waals surface area contributed by atoms with Gasteiger partial charge >= 0.3 is 0 Å². The maximum Gasteiger partial charge on any atom is 0.147 e. The second-order valence-corrected chi connectivity index (χ2v) is 22.8. The molecule has 0 saturated heterocycles. The van der Waals surface area contributed by atoms with Gasteiger partial charge in [0.15, 0.2) is 0 Å². The van der Waals surface area contributed by atoms with Gasteiger partial charge in [-0.25, -0.2) is 0 Å². The highest BCUT2D eigenvalue weighted by Crippen LogP contribution is 2.22. The number of unbranched alkanes of at least 4 members (excludes halogenated alkanes) is 28. The minimum atomic E-state index is -0.434. The van der Waals surface area contributed by atoms with Crippen molar-refractivity contribution in [1.82, 2.24) is 9.80 Å². The van der Waals surface area contributed by atoms with Crippen molar-refractivity contribution in [2.45, 2.75) is 350 Å². The molecular weight excluding hydrogens is 869 g/mol. The van der Waals surface area contributed by atoms with Crippen LogP contribution >= 0.6 is 0 Å². The zero-order valence-electron chi connectivity index (χ0n) is 48.8. The number of rotatable bonds is 52. The van der Waals surface area contributed by atoms with Gasteiger partial charge < -0.3 is 20.4 Å². The molecule has 0 aliphatic rings. The highest BCUT2D eigenvalue weighted by Gasteiger charge is 2.31. The Morgan fingerprint density at radius 3 is 0.814 bits per heavy atom. The summed E-state index contributed by atoms with van der Waals surface area (Å²) in [6.45, 7) is 22.8. The van der Waals surface area contributed by atoms with Crippen molar-refractivity contribution in [2.24, 2.45) is 11.8 Å². The van der Waals surface area contributed by atoms with Crippen LogP contribution in [0.2, 0.25) is 0 Å². The molecule has 0 bridgehead atoms. The lowest BCUT2D eigenvalue weighted by Gasteiger charge is -2.36. The second kappa shape index (κ2) is 51.6. The van der Waals surface area contributed by atoms with Gasteiger partial charge in [-0.05, 0) is 57.8 Å². The molecule has 0 amide bonds. The van der Waals surface area contributed by atoms with Crippen LogP contribution in [-0.2, 0) is 9.59 Å². The van der Waals surface area contributed by atoms with Crippen LogP contribution in [0.15, 0.2) is 0 Å². The molecule has 0 aromatic rings. The van der Waals surface area contributed by atoms with E-state index in [1.807, 2.05) is 0 Å². The van der Waals surface area contributed by atoms with Crippen LogP contribution < -0.4 is 0 Å². The molecule has 0 spiro atoms. The molecule has 0 fully saturated rings. The number of aliphatic hydroxyl groups is 4. The van der Waals surface area contributed by atoms with Crippen molar-refractivity contribution in [3.8, 4) is 0 Å². The van der Waals surface area contributed by atoms with Crippen LogP contribution in [0.1, 0.15) is 313 Å². The van der Waals surface area contributed by atoms with Gasteiger partial charge in [0.1, 0.15) is 11.6 Å². The SMILES string of the molecule is CCCCCCCCCCC(O)CN(CC(O)CCCCCCCCCC)C(C(C)=O)C(C)CC.CCCCCCCCCCC(O)CN(CC(O)CCCCCCCCCC)C(CC(C)C)C(C)=O. The number of aliphatic hydroxyl groups excluding tert-OH is 4. The van der Waals surface area contributed by atoms with Gasteiger partial charge in [-0.2, -0.15) is 0 Å². The Kier molecular flexibility index (Phi) is 52.4. The van der Waals surface area contributed by atoms with E-state index in [9.17, 15) is 30.0 Å². The molecule has 8 heteroatoms. The molecule has 7 unspecified atom stereocenters. The first-order valence-corrected chi connectivity index (χ1v) is 30.9. The predicted molar refractivity (Wildman–Crippen MR) is 304 cm³/mol. The van der Waals surface area contributed by atoms with E-state index in [0.717, 1.165) is 64.2 Å². The zero-order chi connectivity index (χ0) is 52.6. The molecule has 0 saturated carbocycles. The monoisotopic (exact) mass is 995 g/mol. The van der Waals surface area contributed by atoms with E-state index in [2.05, 4.69) is 65.2 Å². The first kappa shape index (κ1) is 71.2. The van der Waals surface area contributed by atoms with Crippen LogP contribution in [0.5, 0.6) is 0 Å². The molecular formula is C62H126N2O6. The summed E-state index contributed by atoms with van der Waals surface area (Å²) in [5.41, 5.74) is 0. The Balaban J connectivity index is 0. The third-order valence-corrected chi connectivity index (χ3v) is 14.9. The molecule has 8 nitrogen and oxygen atoms in total. The fourth-order valence-corrected chi connectivity index (χ4v) is 10.4. The molecule has 70 heavy (non-hydrogen) atoms. The molecule has 0 heterocycles. The Bertz CT molecular complexity index is 1050. The normalized spacial score (nSPS) is 14.9. The Hall–Kier alpha value is -0.900. The van der Waals surface area contributed by atoms with E-state index in [1.165, 1.54) is 180 Å². The summed E-state index contributed by atoms with van der Waals surface area (Å²) < 4.78 is 0. The summed E-state index contributed by atoms with van der Waals surface area (Å²) in [4.78, 5) is 29.2. The number of ketones is 2. The first-order chi connectivity index (χ1) is 33.7. The van der Waals surface area contributed by atoms with Crippen molar-refractivity contribution < 1.29 is 30.0 Å². The van der Waals surface area contributed by atoms with E-state index in [0.29, 0.717) is 32.1 Å². The van der Waals surface area contributed by atoms with E-state index in [1.54, 1.807) is 13.8 Å².